The van der Waals surface area contributed by atoms with E-state index in [0.717, 1.165) is 28.3 Å². The maximum Gasteiger partial charge on any atom is 0.0561 e. The fourth-order valence-electron chi connectivity index (χ4n) is 7.59. The molecule has 2 unspecified atom stereocenters. The van der Waals surface area contributed by atoms with Gasteiger partial charge in [0.1, 0.15) is 0 Å². The highest BCUT2D eigenvalue weighted by Gasteiger charge is 2.23. The molecule has 52 heavy (non-hydrogen) atoms. The molecule has 0 amide bonds. The third-order valence-electron chi connectivity index (χ3n) is 10.1. The molecule has 6 aromatic carbocycles. The fourth-order valence-corrected chi connectivity index (χ4v) is 7.59. The summed E-state index contributed by atoms with van der Waals surface area (Å²) in [7, 11) is 0. The first-order valence-corrected chi connectivity index (χ1v) is 18.0. The largest absolute Gasteiger partial charge is 0.310 e. The number of hydrogen-bond acceptors (Lipinski definition) is 1. The molecule has 2 heteroatoms. The molecule has 0 radical (unpaired) electrons. The summed E-state index contributed by atoms with van der Waals surface area (Å²) >= 11 is 0. The van der Waals surface area contributed by atoms with E-state index in [2.05, 4.69) is 192 Å². The van der Waals surface area contributed by atoms with Crippen LogP contribution in [0.1, 0.15) is 25.3 Å². The molecule has 1 aliphatic carbocycles. The number of nitrogens with zero attached hydrogens (tertiary/aromatic N) is 2. The van der Waals surface area contributed by atoms with Gasteiger partial charge in [-0.2, -0.15) is 0 Å². The summed E-state index contributed by atoms with van der Waals surface area (Å²) in [6.07, 6.45) is 16.7. The Kier molecular flexibility index (Phi) is 9.01. The lowest BCUT2D eigenvalue weighted by Crippen LogP contribution is -2.34. The molecule has 0 saturated heterocycles. The molecule has 0 aliphatic heterocycles. The van der Waals surface area contributed by atoms with Crippen molar-refractivity contribution in [2.75, 3.05) is 4.90 Å². The number of benzene rings is 6. The number of aromatic nitrogens is 1. The second-order valence-electron chi connectivity index (χ2n) is 13.4. The highest BCUT2D eigenvalue weighted by Crippen LogP contribution is 2.35. The molecule has 2 atom stereocenters. The molecule has 1 aliphatic rings. The normalized spacial score (nSPS) is 15.4. The van der Waals surface area contributed by atoms with Crippen molar-refractivity contribution in [1.82, 2.24) is 4.57 Å². The lowest BCUT2D eigenvalue weighted by molar-refractivity contribution is 0.690. The third-order valence-corrected chi connectivity index (χ3v) is 10.1. The summed E-state index contributed by atoms with van der Waals surface area (Å²) in [4.78, 5) is 2.23. The molecule has 7 aromatic rings. The Balaban J connectivity index is 1.22. The number of anilines is 2. The van der Waals surface area contributed by atoms with Crippen molar-refractivity contribution in [1.29, 1.82) is 0 Å². The van der Waals surface area contributed by atoms with Crippen LogP contribution in [0.15, 0.2) is 182 Å². The quantitative estimate of drug-likeness (QED) is 0.116. The molecular weight excluding hydrogens is 629 g/mol. The SMILES string of the molecule is C#C/C=C(\C=C/C)N(c1ccccc1)c1ccc2c3c(n(-c4ccccc4)c2c1)=CC(C)C(c1ccc(-c2ccc(-c4ccccc4)cc2)cc1)C=3. The van der Waals surface area contributed by atoms with Crippen LogP contribution in [0.3, 0.4) is 0 Å². The van der Waals surface area contributed by atoms with Gasteiger partial charge < -0.3 is 9.47 Å². The Morgan fingerprint density at radius 2 is 1.23 bits per heavy atom. The first-order valence-electron chi connectivity index (χ1n) is 18.0. The van der Waals surface area contributed by atoms with E-state index < -0.39 is 0 Å². The van der Waals surface area contributed by atoms with Gasteiger partial charge in [-0.25, -0.2) is 0 Å². The number of fused-ring (bicyclic) bond motifs is 3. The Labute approximate surface area is 306 Å². The Morgan fingerprint density at radius 3 is 1.85 bits per heavy atom. The van der Waals surface area contributed by atoms with Crippen molar-refractivity contribution < 1.29 is 0 Å². The first-order chi connectivity index (χ1) is 25.6. The molecule has 0 spiro atoms. The zero-order valence-corrected chi connectivity index (χ0v) is 29.5. The molecule has 250 valence electrons. The van der Waals surface area contributed by atoms with Gasteiger partial charge in [-0.3, -0.25) is 0 Å². The summed E-state index contributed by atoms with van der Waals surface area (Å²) in [5, 5.41) is 3.73. The lowest BCUT2D eigenvalue weighted by atomic mass is 9.83. The van der Waals surface area contributed by atoms with Crippen LogP contribution in [0.25, 0.3) is 51.0 Å². The Morgan fingerprint density at radius 1 is 0.654 bits per heavy atom. The van der Waals surface area contributed by atoms with Gasteiger partial charge in [0, 0.05) is 39.7 Å². The summed E-state index contributed by atoms with van der Waals surface area (Å²) in [6.45, 7) is 4.36. The zero-order valence-electron chi connectivity index (χ0n) is 29.5. The first kappa shape index (κ1) is 32.6. The Bertz CT molecular complexity index is 2570. The van der Waals surface area contributed by atoms with E-state index in [1.54, 1.807) is 0 Å². The van der Waals surface area contributed by atoms with Gasteiger partial charge in [0.15, 0.2) is 0 Å². The van der Waals surface area contributed by atoms with Crippen LogP contribution in [-0.2, 0) is 0 Å². The topological polar surface area (TPSA) is 8.17 Å². The maximum absolute atomic E-state index is 5.85. The summed E-state index contributed by atoms with van der Waals surface area (Å²) < 4.78 is 2.42. The predicted molar refractivity (Wildman–Crippen MR) is 221 cm³/mol. The average molecular weight is 669 g/mol. The minimum absolute atomic E-state index is 0.247. The van der Waals surface area contributed by atoms with Crippen molar-refractivity contribution in [3.63, 3.8) is 0 Å². The van der Waals surface area contributed by atoms with Crippen LogP contribution in [0, 0.1) is 18.3 Å². The number of rotatable bonds is 8. The minimum atomic E-state index is 0.247. The number of allylic oxidation sites excluding steroid dienone is 3. The molecule has 0 N–H and O–H groups in total. The molecule has 0 saturated carbocycles. The van der Waals surface area contributed by atoms with Crippen LogP contribution < -0.4 is 15.5 Å². The van der Waals surface area contributed by atoms with Crippen LogP contribution in [0.4, 0.5) is 11.4 Å². The van der Waals surface area contributed by atoms with Crippen LogP contribution in [0.2, 0.25) is 0 Å². The second-order valence-corrected chi connectivity index (χ2v) is 13.4. The van der Waals surface area contributed by atoms with Crippen molar-refractivity contribution in [3.8, 4) is 40.3 Å². The Hall–Kier alpha value is -6.56. The van der Waals surface area contributed by atoms with Gasteiger partial charge in [-0.1, -0.05) is 152 Å². The molecule has 1 heterocycles. The predicted octanol–water partition coefficient (Wildman–Crippen LogP) is 11.2. The van der Waals surface area contributed by atoms with E-state index in [0.29, 0.717) is 5.92 Å². The van der Waals surface area contributed by atoms with Gasteiger partial charge >= 0.3 is 0 Å². The van der Waals surface area contributed by atoms with Crippen molar-refractivity contribution in [2.24, 2.45) is 5.92 Å². The van der Waals surface area contributed by atoms with Crippen molar-refractivity contribution >= 4 is 34.4 Å². The average Bonchev–Trinajstić information content (AvgIpc) is 3.51. The molecule has 1 aromatic heterocycles. The van der Waals surface area contributed by atoms with Gasteiger partial charge in [0.2, 0.25) is 0 Å². The highest BCUT2D eigenvalue weighted by molar-refractivity contribution is 5.89. The number of para-hydroxylation sites is 2. The van der Waals surface area contributed by atoms with E-state index in [1.165, 1.54) is 43.8 Å². The van der Waals surface area contributed by atoms with Crippen LogP contribution in [0.5, 0.6) is 0 Å². The molecule has 0 bridgehead atoms. The van der Waals surface area contributed by atoms with Crippen molar-refractivity contribution in [2.45, 2.75) is 19.8 Å². The van der Waals surface area contributed by atoms with E-state index in [4.69, 9.17) is 6.42 Å². The highest BCUT2D eigenvalue weighted by atomic mass is 15.1. The van der Waals surface area contributed by atoms with Gasteiger partial charge in [-0.05, 0) is 83.1 Å². The zero-order chi connectivity index (χ0) is 35.4. The molecule has 2 nitrogen and oxygen atoms in total. The maximum atomic E-state index is 5.85. The number of hydrogen-bond donors (Lipinski definition) is 0. The summed E-state index contributed by atoms with van der Waals surface area (Å²) in [5.41, 5.74) is 11.6. The molecule has 0 fully saturated rings. The lowest BCUT2D eigenvalue weighted by Gasteiger charge is -2.26. The fraction of sp³-hybridized carbons (Fsp3) is 0.0800. The van der Waals surface area contributed by atoms with Crippen LogP contribution >= 0.6 is 0 Å². The molecule has 8 rings (SSSR count). The summed E-state index contributed by atoms with van der Waals surface area (Å²) in [5.74, 6) is 3.31. The third kappa shape index (κ3) is 6.19. The van der Waals surface area contributed by atoms with Gasteiger partial charge in [0.25, 0.3) is 0 Å². The summed E-state index contributed by atoms with van der Waals surface area (Å²) in [6, 6.07) is 56.5. The van der Waals surface area contributed by atoms with E-state index >= 15 is 0 Å². The van der Waals surface area contributed by atoms with E-state index in [-0.39, 0.29) is 5.92 Å². The van der Waals surface area contributed by atoms with Gasteiger partial charge in [0.05, 0.1) is 16.6 Å². The molecular formula is C50H40N2. The minimum Gasteiger partial charge on any atom is -0.310 e. The van der Waals surface area contributed by atoms with Crippen LogP contribution in [-0.4, -0.2) is 4.57 Å². The van der Waals surface area contributed by atoms with Crippen molar-refractivity contribution in [3.05, 3.63) is 198 Å². The standard InChI is InChI=1S/C50H40N2/c1-4-15-42(16-5-2)51(43-19-11-7-12-20-43)45-31-32-46-48-35-47(36(3)33-49(48)52(50(46)34-45)44-21-13-8-14-22-44)41-29-27-40(28-30-41)39-25-23-38(24-26-39)37-17-9-6-10-18-37/h1,5-36,47H,2-3H3/b16-5-,42-15+. The van der Waals surface area contributed by atoms with Gasteiger partial charge in [-0.15, -0.1) is 6.42 Å². The number of terminal acetylenes is 1. The van der Waals surface area contributed by atoms with E-state index in [1.807, 2.05) is 25.1 Å². The second kappa shape index (κ2) is 14.4. The monoisotopic (exact) mass is 668 g/mol. The smallest absolute Gasteiger partial charge is 0.0561 e. The van der Waals surface area contributed by atoms with E-state index in [9.17, 15) is 0 Å².